The number of Topliss-reactive ketones (excluding diaryl/α,β-unsaturated/α-hetero) is 1. The Morgan fingerprint density at radius 3 is 2.42 bits per heavy atom. The molecule has 8 nitrogen and oxygen atoms in total. The first-order chi connectivity index (χ1) is 17.4. The molecule has 1 aliphatic heterocycles. The van der Waals surface area contributed by atoms with Gasteiger partial charge in [0.15, 0.2) is 11.5 Å². The number of methoxy groups -OCH3 is 3. The first kappa shape index (κ1) is 27.1. The number of carbonyl (C=O) groups is 2. The van der Waals surface area contributed by atoms with Gasteiger partial charge in [-0.3, -0.25) is 9.59 Å². The number of hydrogen-bond donors (Lipinski definition) is 1. The lowest BCUT2D eigenvalue weighted by molar-refractivity contribution is -0.140. The molecule has 1 unspecified atom stereocenters. The van der Waals surface area contributed by atoms with Crippen LogP contribution in [0.4, 0.5) is 0 Å². The molecule has 0 spiro atoms. The highest BCUT2D eigenvalue weighted by molar-refractivity contribution is 6.46. The summed E-state index contributed by atoms with van der Waals surface area (Å²) in [6.07, 6.45) is 2.49. The van der Waals surface area contributed by atoms with Crippen LogP contribution in [0.15, 0.2) is 42.0 Å². The molecule has 0 aliphatic carbocycles. The van der Waals surface area contributed by atoms with Gasteiger partial charge in [-0.2, -0.15) is 0 Å². The van der Waals surface area contributed by atoms with Crippen LogP contribution in [0.2, 0.25) is 0 Å². The second-order valence-corrected chi connectivity index (χ2v) is 8.60. The van der Waals surface area contributed by atoms with Crippen molar-refractivity contribution < 1.29 is 33.6 Å². The Morgan fingerprint density at radius 1 is 1.00 bits per heavy atom. The molecule has 0 radical (unpaired) electrons. The highest BCUT2D eigenvalue weighted by Crippen LogP contribution is 2.45. The quantitative estimate of drug-likeness (QED) is 0.197. The Bertz CT molecular complexity index is 1120. The van der Waals surface area contributed by atoms with Gasteiger partial charge in [-0.25, -0.2) is 0 Å². The van der Waals surface area contributed by atoms with Gasteiger partial charge < -0.3 is 29.0 Å². The third-order valence-corrected chi connectivity index (χ3v) is 6.22. The number of benzene rings is 2. The van der Waals surface area contributed by atoms with Crippen molar-refractivity contribution in [3.63, 3.8) is 0 Å². The highest BCUT2D eigenvalue weighted by atomic mass is 16.5. The van der Waals surface area contributed by atoms with E-state index in [0.717, 1.165) is 18.4 Å². The van der Waals surface area contributed by atoms with Crippen molar-refractivity contribution >= 4 is 17.4 Å². The van der Waals surface area contributed by atoms with Crippen LogP contribution in [0.3, 0.4) is 0 Å². The van der Waals surface area contributed by atoms with Crippen molar-refractivity contribution in [1.29, 1.82) is 0 Å². The predicted octanol–water partition coefficient (Wildman–Crippen LogP) is 4.65. The summed E-state index contributed by atoms with van der Waals surface area (Å²) in [6, 6.07) is 9.64. The second kappa shape index (κ2) is 12.4. The molecule has 36 heavy (non-hydrogen) atoms. The van der Waals surface area contributed by atoms with Crippen LogP contribution in [0.1, 0.15) is 48.9 Å². The Kier molecular flexibility index (Phi) is 9.36. The Balaban J connectivity index is 2.13. The zero-order valence-electron chi connectivity index (χ0n) is 21.6. The average Bonchev–Trinajstić information content (AvgIpc) is 3.13. The number of hydrogen-bond acceptors (Lipinski definition) is 7. The number of aryl methyl sites for hydroxylation is 1. The minimum atomic E-state index is -0.854. The van der Waals surface area contributed by atoms with Crippen LogP contribution in [-0.4, -0.2) is 62.8 Å². The number of likely N-dealkylation sites (tertiary alicyclic amines) is 1. The molecule has 1 N–H and O–H groups in total. The van der Waals surface area contributed by atoms with Crippen molar-refractivity contribution in [2.45, 2.75) is 39.2 Å². The zero-order chi connectivity index (χ0) is 26.2. The third-order valence-electron chi connectivity index (χ3n) is 6.22. The fraction of sp³-hybridized carbons (Fsp3) is 0.429. The molecular weight excluding hydrogens is 462 g/mol. The number of nitrogens with zero attached hydrogens (tertiary/aromatic N) is 1. The lowest BCUT2D eigenvalue weighted by atomic mass is 9.94. The van der Waals surface area contributed by atoms with Gasteiger partial charge in [-0.1, -0.05) is 25.5 Å². The number of aliphatic hydroxyl groups is 1. The summed E-state index contributed by atoms with van der Waals surface area (Å²) in [5, 5.41) is 11.4. The number of para-hydroxylation sites is 1. The van der Waals surface area contributed by atoms with Crippen LogP contribution in [0.25, 0.3) is 5.76 Å². The van der Waals surface area contributed by atoms with Gasteiger partial charge in [-0.05, 0) is 49.6 Å². The molecule has 1 amide bonds. The maximum absolute atomic E-state index is 13.3. The molecule has 1 atom stereocenters. The molecular formula is C28H35NO7. The van der Waals surface area contributed by atoms with E-state index >= 15 is 0 Å². The first-order valence-electron chi connectivity index (χ1n) is 12.1. The average molecular weight is 498 g/mol. The Hall–Kier alpha value is -3.52. The maximum atomic E-state index is 13.3. The van der Waals surface area contributed by atoms with Gasteiger partial charge in [0.05, 0.1) is 32.4 Å². The third kappa shape index (κ3) is 5.49. The van der Waals surface area contributed by atoms with E-state index in [-0.39, 0.29) is 17.9 Å². The first-order valence-corrected chi connectivity index (χ1v) is 12.1. The summed E-state index contributed by atoms with van der Waals surface area (Å²) in [5.41, 5.74) is 1.80. The Morgan fingerprint density at radius 2 is 1.78 bits per heavy atom. The lowest BCUT2D eigenvalue weighted by Gasteiger charge is -2.27. The summed E-state index contributed by atoms with van der Waals surface area (Å²) in [7, 11) is 4.60. The van der Waals surface area contributed by atoms with Crippen molar-refractivity contribution in [1.82, 2.24) is 4.90 Å². The van der Waals surface area contributed by atoms with Gasteiger partial charge in [0, 0.05) is 31.4 Å². The normalized spacial score (nSPS) is 16.9. The molecule has 2 aromatic rings. The minimum absolute atomic E-state index is 0.00280. The van der Waals surface area contributed by atoms with E-state index in [0.29, 0.717) is 48.0 Å². The van der Waals surface area contributed by atoms with Crippen LogP contribution >= 0.6 is 0 Å². The minimum Gasteiger partial charge on any atom is -0.507 e. The summed E-state index contributed by atoms with van der Waals surface area (Å²) in [6.45, 7) is 5.26. The number of carbonyl (C=O) groups excluding carboxylic acids is 2. The number of unbranched alkanes of at least 4 members (excludes halogenated alkanes) is 1. The summed E-state index contributed by atoms with van der Waals surface area (Å²) in [4.78, 5) is 27.9. The van der Waals surface area contributed by atoms with Crippen LogP contribution in [-0.2, 0) is 14.3 Å². The predicted molar refractivity (Wildman–Crippen MR) is 137 cm³/mol. The van der Waals surface area contributed by atoms with Crippen LogP contribution in [0, 0.1) is 6.92 Å². The van der Waals surface area contributed by atoms with E-state index in [1.807, 2.05) is 6.92 Å². The number of aliphatic hydroxyl groups excluding tert-OH is 1. The molecule has 1 fully saturated rings. The number of rotatable bonds is 12. The fourth-order valence-electron chi connectivity index (χ4n) is 4.38. The molecule has 1 saturated heterocycles. The van der Waals surface area contributed by atoms with Crippen molar-refractivity contribution in [2.24, 2.45) is 0 Å². The van der Waals surface area contributed by atoms with E-state index in [9.17, 15) is 14.7 Å². The molecule has 0 bridgehead atoms. The molecule has 0 aromatic heterocycles. The molecule has 3 rings (SSSR count). The van der Waals surface area contributed by atoms with E-state index in [1.54, 1.807) is 43.5 Å². The number of ether oxygens (including phenoxy) is 4. The summed E-state index contributed by atoms with van der Waals surface area (Å²) >= 11 is 0. The van der Waals surface area contributed by atoms with Crippen LogP contribution < -0.4 is 14.2 Å². The standard InChI is InChI=1S/C28H35NO7/c1-6-7-16-36-21-13-12-19(17-18(21)2)25(30)23-24(20-10-8-11-22(34-4)27(20)35-5)29(14-9-15-33-3)28(32)26(23)31/h8,10-13,17,24,30H,6-7,9,14-16H2,1-5H3/b25-23+. The fourth-order valence-corrected chi connectivity index (χ4v) is 4.38. The molecule has 0 saturated carbocycles. The molecule has 1 heterocycles. The van der Waals surface area contributed by atoms with Gasteiger partial charge in [0.2, 0.25) is 0 Å². The van der Waals surface area contributed by atoms with Crippen molar-refractivity contribution in [2.75, 3.05) is 41.1 Å². The SMILES string of the molecule is CCCCOc1ccc(/C(O)=C2\C(=O)C(=O)N(CCCOC)C2c2cccc(OC)c2OC)cc1C. The summed E-state index contributed by atoms with van der Waals surface area (Å²) in [5.74, 6) is -0.113. The summed E-state index contributed by atoms with van der Waals surface area (Å²) < 4.78 is 22.0. The maximum Gasteiger partial charge on any atom is 0.295 e. The van der Waals surface area contributed by atoms with E-state index in [1.165, 1.54) is 19.1 Å². The Labute approximate surface area is 212 Å². The van der Waals surface area contributed by atoms with Gasteiger partial charge in [0.25, 0.3) is 11.7 Å². The monoisotopic (exact) mass is 497 g/mol. The zero-order valence-corrected chi connectivity index (χ0v) is 21.6. The van der Waals surface area contributed by atoms with Gasteiger partial charge >= 0.3 is 0 Å². The van der Waals surface area contributed by atoms with E-state index in [4.69, 9.17) is 18.9 Å². The largest absolute Gasteiger partial charge is 0.507 e. The molecule has 1 aliphatic rings. The van der Waals surface area contributed by atoms with Crippen molar-refractivity contribution in [3.05, 3.63) is 58.7 Å². The van der Waals surface area contributed by atoms with Crippen LogP contribution in [0.5, 0.6) is 17.2 Å². The molecule has 2 aromatic carbocycles. The number of ketones is 1. The van der Waals surface area contributed by atoms with E-state index in [2.05, 4.69) is 6.92 Å². The lowest BCUT2D eigenvalue weighted by Crippen LogP contribution is -2.31. The smallest absolute Gasteiger partial charge is 0.295 e. The molecule has 194 valence electrons. The topological polar surface area (TPSA) is 94.5 Å². The highest BCUT2D eigenvalue weighted by Gasteiger charge is 2.47. The van der Waals surface area contributed by atoms with E-state index < -0.39 is 17.7 Å². The second-order valence-electron chi connectivity index (χ2n) is 8.60. The van der Waals surface area contributed by atoms with Crippen molar-refractivity contribution in [3.8, 4) is 17.2 Å². The number of amides is 1. The molecule has 8 heteroatoms. The van der Waals surface area contributed by atoms with Gasteiger partial charge in [0.1, 0.15) is 11.5 Å². The van der Waals surface area contributed by atoms with Gasteiger partial charge in [-0.15, -0.1) is 0 Å².